The van der Waals surface area contributed by atoms with Gasteiger partial charge in [-0.3, -0.25) is 19.3 Å². The van der Waals surface area contributed by atoms with Crippen molar-refractivity contribution >= 4 is 35.1 Å². The molecule has 2 bridgehead atoms. The maximum Gasteiger partial charge on any atom is 0.338 e. The second-order valence-corrected chi connectivity index (χ2v) is 10.2. The molecular weight excluding hydrogens is 487 g/mol. The van der Waals surface area contributed by atoms with Crippen LogP contribution in [0.3, 0.4) is 0 Å². The van der Waals surface area contributed by atoms with Crippen LogP contribution in [0.25, 0.3) is 0 Å². The van der Waals surface area contributed by atoms with E-state index >= 15 is 0 Å². The number of nitrogens with zero attached hydrogens (tertiary/aromatic N) is 1. The van der Waals surface area contributed by atoms with Crippen LogP contribution in [0.5, 0.6) is 0 Å². The first-order valence-electron chi connectivity index (χ1n) is 12.7. The topological polar surface area (TPSA) is 92.8 Å². The highest BCUT2D eigenvalue weighted by Gasteiger charge is 2.64. The number of esters is 1. The molecule has 5 atom stereocenters. The monoisotopic (exact) mass is 512 g/mol. The summed E-state index contributed by atoms with van der Waals surface area (Å²) in [6, 6.07) is 21.5. The van der Waals surface area contributed by atoms with Gasteiger partial charge in [-0.2, -0.15) is 0 Å². The maximum atomic E-state index is 13.6. The number of fused-ring (bicyclic) bond motifs is 5. The van der Waals surface area contributed by atoms with E-state index in [9.17, 15) is 23.6 Å². The van der Waals surface area contributed by atoms with E-state index < -0.39 is 24.3 Å². The van der Waals surface area contributed by atoms with Crippen molar-refractivity contribution in [3.8, 4) is 0 Å². The highest BCUT2D eigenvalue weighted by Crippen LogP contribution is 2.61. The zero-order chi connectivity index (χ0) is 26.4. The molecule has 0 aromatic heterocycles. The van der Waals surface area contributed by atoms with E-state index in [0.29, 0.717) is 11.4 Å². The molecule has 3 aromatic carbocycles. The van der Waals surface area contributed by atoms with Gasteiger partial charge < -0.3 is 10.1 Å². The number of rotatable bonds is 6. The van der Waals surface area contributed by atoms with Crippen molar-refractivity contribution in [1.29, 1.82) is 0 Å². The zero-order valence-corrected chi connectivity index (χ0v) is 20.4. The first kappa shape index (κ1) is 24.0. The lowest BCUT2D eigenvalue weighted by Gasteiger charge is -2.28. The summed E-state index contributed by atoms with van der Waals surface area (Å²) >= 11 is 0. The fourth-order valence-electron chi connectivity index (χ4n) is 6.51. The van der Waals surface area contributed by atoms with Crippen molar-refractivity contribution in [1.82, 2.24) is 0 Å². The number of halogens is 1. The number of amides is 3. The van der Waals surface area contributed by atoms with Crippen LogP contribution in [0, 0.1) is 29.5 Å². The van der Waals surface area contributed by atoms with E-state index in [1.54, 1.807) is 12.1 Å². The molecular formula is C30H25FN2O5. The first-order valence-corrected chi connectivity index (χ1v) is 12.7. The number of carbonyl (C=O) groups excluding carboxylic acids is 4. The molecule has 3 fully saturated rings. The van der Waals surface area contributed by atoms with Gasteiger partial charge in [0.15, 0.2) is 6.61 Å². The van der Waals surface area contributed by atoms with Crippen molar-refractivity contribution in [2.24, 2.45) is 23.7 Å². The maximum absolute atomic E-state index is 13.6. The Hall–Kier alpha value is -4.33. The third-order valence-electron chi connectivity index (χ3n) is 8.05. The van der Waals surface area contributed by atoms with E-state index in [4.69, 9.17) is 4.74 Å². The van der Waals surface area contributed by atoms with Crippen LogP contribution in [0.1, 0.15) is 34.7 Å². The average molecular weight is 513 g/mol. The Morgan fingerprint density at radius 1 is 0.895 bits per heavy atom. The number of imide groups is 1. The molecule has 1 heterocycles. The predicted octanol–water partition coefficient (Wildman–Crippen LogP) is 4.55. The smallest absolute Gasteiger partial charge is 0.338 e. The van der Waals surface area contributed by atoms with Crippen molar-refractivity contribution in [3.63, 3.8) is 0 Å². The van der Waals surface area contributed by atoms with Gasteiger partial charge in [0.25, 0.3) is 5.91 Å². The highest BCUT2D eigenvalue weighted by atomic mass is 19.1. The van der Waals surface area contributed by atoms with Gasteiger partial charge >= 0.3 is 5.97 Å². The molecule has 0 spiro atoms. The van der Waals surface area contributed by atoms with Crippen LogP contribution in [0.4, 0.5) is 15.8 Å². The van der Waals surface area contributed by atoms with Crippen molar-refractivity contribution in [3.05, 3.63) is 95.8 Å². The molecule has 1 saturated heterocycles. The van der Waals surface area contributed by atoms with E-state index in [1.165, 1.54) is 46.9 Å². The molecule has 6 rings (SSSR count). The van der Waals surface area contributed by atoms with Gasteiger partial charge in [0, 0.05) is 5.69 Å². The van der Waals surface area contributed by atoms with Crippen molar-refractivity contribution in [2.45, 2.75) is 18.8 Å². The number of benzene rings is 3. The summed E-state index contributed by atoms with van der Waals surface area (Å²) in [6.45, 7) is -0.545. The number of carbonyl (C=O) groups is 4. The van der Waals surface area contributed by atoms with E-state index in [0.717, 1.165) is 12.8 Å². The van der Waals surface area contributed by atoms with E-state index in [2.05, 4.69) is 17.4 Å². The van der Waals surface area contributed by atoms with Gasteiger partial charge in [-0.05, 0) is 78.6 Å². The van der Waals surface area contributed by atoms with Gasteiger partial charge in [-0.25, -0.2) is 9.18 Å². The Kier molecular flexibility index (Phi) is 6.02. The summed E-state index contributed by atoms with van der Waals surface area (Å²) in [4.78, 5) is 53.0. The van der Waals surface area contributed by atoms with Crippen molar-refractivity contribution in [2.75, 3.05) is 16.8 Å². The van der Waals surface area contributed by atoms with Crippen LogP contribution in [0.2, 0.25) is 0 Å². The van der Waals surface area contributed by atoms with Crippen LogP contribution in [-0.4, -0.2) is 30.3 Å². The molecule has 2 aliphatic carbocycles. The minimum absolute atomic E-state index is 0.125. The van der Waals surface area contributed by atoms with E-state index in [-0.39, 0.29) is 47.0 Å². The molecule has 3 aliphatic rings. The lowest BCUT2D eigenvalue weighted by molar-refractivity contribution is -0.123. The Labute approximate surface area is 218 Å². The van der Waals surface area contributed by atoms with Gasteiger partial charge in [-0.1, -0.05) is 36.4 Å². The molecule has 7 nitrogen and oxygen atoms in total. The Balaban J connectivity index is 1.14. The molecule has 0 radical (unpaired) electrons. The molecule has 3 aromatic rings. The summed E-state index contributed by atoms with van der Waals surface area (Å²) in [5.74, 6) is -2.30. The summed E-state index contributed by atoms with van der Waals surface area (Å²) in [5, 5.41) is 2.52. The molecule has 1 N–H and O–H groups in total. The standard InChI is InChI=1S/C30H25FN2O5/c31-20-9-11-21(12-10-20)32-25(34)16-38-30(37)18-7-4-8-22(13-18)33-28(35)26-19-14-23(17-5-2-1-3-6-17)24(15-19)27(26)29(33)36/h1-13,19,23-24,26-27H,14-16H2,(H,32,34)/t19-,23-,24+,26+,27+/m0/s1. The van der Waals surface area contributed by atoms with Gasteiger partial charge in [-0.15, -0.1) is 0 Å². The minimum Gasteiger partial charge on any atom is -0.452 e. The Bertz CT molecular complexity index is 1420. The molecule has 3 amide bonds. The quantitative estimate of drug-likeness (QED) is 0.386. The zero-order valence-electron chi connectivity index (χ0n) is 20.4. The van der Waals surface area contributed by atoms with Crippen molar-refractivity contribution < 1.29 is 28.3 Å². The third-order valence-corrected chi connectivity index (χ3v) is 8.05. The average Bonchev–Trinajstić information content (AvgIpc) is 3.60. The highest BCUT2D eigenvalue weighted by molar-refractivity contribution is 6.23. The first-order chi connectivity index (χ1) is 18.4. The van der Waals surface area contributed by atoms with Crippen LogP contribution in [0.15, 0.2) is 78.9 Å². The summed E-state index contributed by atoms with van der Waals surface area (Å²) in [7, 11) is 0. The molecule has 0 unspecified atom stereocenters. The Morgan fingerprint density at radius 3 is 2.39 bits per heavy atom. The van der Waals surface area contributed by atoms with Crippen LogP contribution >= 0.6 is 0 Å². The summed E-state index contributed by atoms with van der Waals surface area (Å²) in [5.41, 5.74) is 2.04. The molecule has 192 valence electrons. The normalized spacial score (nSPS) is 25.4. The fraction of sp³-hybridized carbons (Fsp3) is 0.267. The largest absolute Gasteiger partial charge is 0.452 e. The van der Waals surface area contributed by atoms with Gasteiger partial charge in [0.05, 0.1) is 23.1 Å². The molecule has 1 aliphatic heterocycles. The summed E-state index contributed by atoms with van der Waals surface area (Å²) < 4.78 is 18.2. The lowest BCUT2D eigenvalue weighted by Crippen LogP contribution is -2.33. The molecule has 38 heavy (non-hydrogen) atoms. The second kappa shape index (κ2) is 9.52. The number of hydrogen-bond donors (Lipinski definition) is 1. The number of anilines is 2. The minimum atomic E-state index is -0.760. The number of nitrogens with one attached hydrogen (secondary N) is 1. The Morgan fingerprint density at radius 2 is 1.63 bits per heavy atom. The van der Waals surface area contributed by atoms with Gasteiger partial charge in [0.2, 0.25) is 11.8 Å². The van der Waals surface area contributed by atoms with E-state index in [1.807, 2.05) is 18.2 Å². The SMILES string of the molecule is O=C(COC(=O)c1cccc(N2C(=O)[C@@H]3[C@@H]4C[C@@H]([C@H]3C2=O)[C@H](c2ccccc2)C4)c1)Nc1ccc(F)cc1. The summed E-state index contributed by atoms with van der Waals surface area (Å²) in [6.07, 6.45) is 1.78. The predicted molar refractivity (Wildman–Crippen MR) is 137 cm³/mol. The third kappa shape index (κ3) is 4.16. The lowest BCUT2D eigenvalue weighted by atomic mass is 9.73. The molecule has 2 saturated carbocycles. The molecule has 8 heteroatoms. The number of ether oxygens (including phenoxy) is 1. The van der Waals surface area contributed by atoms with Crippen LogP contribution in [-0.2, 0) is 19.1 Å². The fourth-order valence-corrected chi connectivity index (χ4v) is 6.51. The van der Waals surface area contributed by atoms with Gasteiger partial charge in [0.1, 0.15) is 5.82 Å². The van der Waals surface area contributed by atoms with Crippen LogP contribution < -0.4 is 10.2 Å². The number of hydrogen-bond acceptors (Lipinski definition) is 5. The second-order valence-electron chi connectivity index (χ2n) is 10.2.